The Bertz CT molecular complexity index is 916. The average molecular weight is 457 g/mol. The van der Waals surface area contributed by atoms with Crippen LogP contribution in [0.25, 0.3) is 0 Å². The number of esters is 1. The van der Waals surface area contributed by atoms with Crippen LogP contribution >= 0.6 is 0 Å². The fraction of sp³-hybridized carbons (Fsp3) is 0.619. The lowest BCUT2D eigenvalue weighted by molar-refractivity contribution is -0.130. The first-order chi connectivity index (χ1) is 14.7. The highest BCUT2D eigenvalue weighted by molar-refractivity contribution is 7.89. The van der Waals surface area contributed by atoms with Crippen LogP contribution in [0.3, 0.4) is 0 Å². The third kappa shape index (κ3) is 5.61. The van der Waals surface area contributed by atoms with Gasteiger partial charge in [-0.15, -0.1) is 0 Å². The first-order valence-electron chi connectivity index (χ1n) is 10.6. The van der Waals surface area contributed by atoms with E-state index in [0.29, 0.717) is 5.92 Å². The number of nitrogens with one attached hydrogen (secondary N) is 1. The van der Waals surface area contributed by atoms with E-state index in [1.165, 1.54) is 11.2 Å². The first-order valence-corrected chi connectivity index (χ1v) is 12.0. The number of hydrogen-bond acceptors (Lipinski definition) is 6. The van der Waals surface area contributed by atoms with Gasteiger partial charge in [-0.2, -0.15) is 4.31 Å². The third-order valence-corrected chi connectivity index (χ3v) is 7.75. The second kappa shape index (κ2) is 10.1. The molecule has 1 heterocycles. The summed E-state index contributed by atoms with van der Waals surface area (Å²) in [5, 5.41) is 2.89. The summed E-state index contributed by atoms with van der Waals surface area (Å²) >= 11 is 0. The number of carbonyl (C=O) groups excluding carboxylic acids is 2. The van der Waals surface area contributed by atoms with Gasteiger partial charge in [-0.1, -0.05) is 19.8 Å². The SMILES string of the molecule is C[C@H](OC(=O)c1cc(S(=O)(=O)N2CCOCC2)ccc1F)C(=O)N[C@H]1CCCC[C@@H]1C. The highest BCUT2D eigenvalue weighted by Crippen LogP contribution is 2.24. The van der Waals surface area contributed by atoms with Gasteiger partial charge in [0.25, 0.3) is 5.91 Å². The maximum Gasteiger partial charge on any atom is 0.341 e. The fourth-order valence-electron chi connectivity index (χ4n) is 3.87. The highest BCUT2D eigenvalue weighted by Gasteiger charge is 2.30. The summed E-state index contributed by atoms with van der Waals surface area (Å²) in [4.78, 5) is 24.8. The van der Waals surface area contributed by atoms with E-state index in [1.54, 1.807) is 0 Å². The average Bonchev–Trinajstić information content (AvgIpc) is 2.76. The molecule has 1 aromatic rings. The molecule has 1 aromatic carbocycles. The number of carbonyl (C=O) groups is 2. The predicted molar refractivity (Wildman–Crippen MR) is 110 cm³/mol. The zero-order valence-electron chi connectivity index (χ0n) is 17.8. The molecule has 8 nitrogen and oxygen atoms in total. The molecule has 1 aliphatic carbocycles. The molecular formula is C21H29FN2O6S. The van der Waals surface area contributed by atoms with Gasteiger partial charge in [-0.25, -0.2) is 17.6 Å². The Morgan fingerprint density at radius 1 is 1.23 bits per heavy atom. The van der Waals surface area contributed by atoms with Gasteiger partial charge in [0.05, 0.1) is 23.7 Å². The molecule has 2 aliphatic rings. The van der Waals surface area contributed by atoms with Crippen LogP contribution in [0.1, 0.15) is 49.9 Å². The molecule has 1 saturated heterocycles. The lowest BCUT2D eigenvalue weighted by Crippen LogP contribution is -2.46. The zero-order valence-corrected chi connectivity index (χ0v) is 18.6. The number of rotatable bonds is 6. The summed E-state index contributed by atoms with van der Waals surface area (Å²) in [5.74, 6) is -2.12. The number of ether oxygens (including phenoxy) is 2. The Balaban J connectivity index is 1.69. The summed E-state index contributed by atoms with van der Waals surface area (Å²) in [6, 6.07) is 2.99. The molecule has 0 spiro atoms. The molecular weight excluding hydrogens is 427 g/mol. The van der Waals surface area contributed by atoms with Crippen molar-refractivity contribution in [1.82, 2.24) is 9.62 Å². The lowest BCUT2D eigenvalue weighted by Gasteiger charge is -2.30. The van der Waals surface area contributed by atoms with Crippen LogP contribution < -0.4 is 5.32 Å². The standard InChI is InChI=1S/C21H29FN2O6S/c1-14-5-3-4-6-19(14)23-20(25)15(2)30-21(26)17-13-16(7-8-18(17)22)31(27,28)24-9-11-29-12-10-24/h7-8,13-15,19H,3-6,9-12H2,1-2H3,(H,23,25)/t14-,15-,19-/m0/s1. The third-order valence-electron chi connectivity index (χ3n) is 5.86. The van der Waals surface area contributed by atoms with Crippen molar-refractivity contribution in [3.05, 3.63) is 29.6 Å². The Morgan fingerprint density at radius 3 is 2.58 bits per heavy atom. The van der Waals surface area contributed by atoms with Gasteiger partial charge in [0.2, 0.25) is 10.0 Å². The molecule has 0 bridgehead atoms. The van der Waals surface area contributed by atoms with E-state index in [0.717, 1.165) is 43.9 Å². The highest BCUT2D eigenvalue weighted by atomic mass is 32.2. The minimum Gasteiger partial charge on any atom is -0.449 e. The van der Waals surface area contributed by atoms with Crippen molar-refractivity contribution in [2.24, 2.45) is 5.92 Å². The summed E-state index contributed by atoms with van der Waals surface area (Å²) in [6.45, 7) is 4.36. The number of nitrogens with zero attached hydrogens (tertiary/aromatic N) is 1. The monoisotopic (exact) mass is 456 g/mol. The van der Waals surface area contributed by atoms with Gasteiger partial charge in [0.15, 0.2) is 6.10 Å². The van der Waals surface area contributed by atoms with Crippen molar-refractivity contribution in [3.63, 3.8) is 0 Å². The lowest BCUT2D eigenvalue weighted by atomic mass is 9.86. The summed E-state index contributed by atoms with van der Waals surface area (Å²) in [5.41, 5.74) is -0.528. The van der Waals surface area contributed by atoms with E-state index in [9.17, 15) is 22.4 Å². The van der Waals surface area contributed by atoms with Crippen LogP contribution in [0, 0.1) is 11.7 Å². The molecule has 1 amide bonds. The number of amides is 1. The largest absolute Gasteiger partial charge is 0.449 e. The van der Waals surface area contributed by atoms with Gasteiger partial charge >= 0.3 is 5.97 Å². The second-order valence-corrected chi connectivity index (χ2v) is 10.0. The van der Waals surface area contributed by atoms with Crippen LogP contribution in [0.2, 0.25) is 0 Å². The van der Waals surface area contributed by atoms with Gasteiger partial charge in [-0.3, -0.25) is 4.79 Å². The number of halogens is 1. The first kappa shape index (κ1) is 23.6. The molecule has 1 N–H and O–H groups in total. The van der Waals surface area contributed by atoms with Crippen LogP contribution in [0.5, 0.6) is 0 Å². The molecule has 3 rings (SSSR count). The topological polar surface area (TPSA) is 102 Å². The van der Waals surface area contributed by atoms with Gasteiger partial charge in [0.1, 0.15) is 5.82 Å². The maximum absolute atomic E-state index is 14.3. The minimum absolute atomic E-state index is 0.0149. The fourth-order valence-corrected chi connectivity index (χ4v) is 5.30. The maximum atomic E-state index is 14.3. The molecule has 172 valence electrons. The van der Waals surface area contributed by atoms with Crippen LogP contribution in [0.4, 0.5) is 4.39 Å². The van der Waals surface area contributed by atoms with E-state index in [2.05, 4.69) is 12.2 Å². The molecule has 1 aliphatic heterocycles. The normalized spacial score (nSPS) is 23.7. The number of morpholine rings is 1. The predicted octanol–water partition coefficient (Wildman–Crippen LogP) is 2.09. The van der Waals surface area contributed by atoms with E-state index < -0.39 is 39.4 Å². The second-order valence-electron chi connectivity index (χ2n) is 8.08. The van der Waals surface area contributed by atoms with Crippen LogP contribution in [-0.2, 0) is 24.3 Å². The van der Waals surface area contributed by atoms with E-state index in [1.807, 2.05) is 0 Å². The quantitative estimate of drug-likeness (QED) is 0.658. The van der Waals surface area contributed by atoms with Gasteiger partial charge in [0, 0.05) is 19.1 Å². The molecule has 3 atom stereocenters. The van der Waals surface area contributed by atoms with Gasteiger partial charge < -0.3 is 14.8 Å². The van der Waals surface area contributed by atoms with E-state index in [-0.39, 0.29) is 37.2 Å². The van der Waals surface area contributed by atoms with Crippen molar-refractivity contribution in [3.8, 4) is 0 Å². The van der Waals surface area contributed by atoms with E-state index >= 15 is 0 Å². The number of sulfonamides is 1. The number of hydrogen-bond donors (Lipinski definition) is 1. The Morgan fingerprint density at radius 2 is 1.90 bits per heavy atom. The van der Waals surface area contributed by atoms with Crippen molar-refractivity contribution in [1.29, 1.82) is 0 Å². The van der Waals surface area contributed by atoms with Crippen molar-refractivity contribution < 1.29 is 31.9 Å². The molecule has 2 fully saturated rings. The molecule has 0 aromatic heterocycles. The molecule has 31 heavy (non-hydrogen) atoms. The summed E-state index contributed by atoms with van der Waals surface area (Å²) < 4.78 is 51.4. The molecule has 0 unspecified atom stereocenters. The van der Waals surface area contributed by atoms with E-state index in [4.69, 9.17) is 9.47 Å². The summed E-state index contributed by atoms with van der Waals surface area (Å²) in [6.07, 6.45) is 2.90. The Hall–Kier alpha value is -2.04. The summed E-state index contributed by atoms with van der Waals surface area (Å²) in [7, 11) is -3.91. The van der Waals surface area contributed by atoms with Crippen LogP contribution in [0.15, 0.2) is 23.1 Å². The van der Waals surface area contributed by atoms with Crippen molar-refractivity contribution in [2.75, 3.05) is 26.3 Å². The number of benzene rings is 1. The Labute approximate surface area is 182 Å². The van der Waals surface area contributed by atoms with Crippen LogP contribution in [-0.4, -0.2) is 63.0 Å². The molecule has 10 heteroatoms. The van der Waals surface area contributed by atoms with Gasteiger partial charge in [-0.05, 0) is 43.9 Å². The van der Waals surface area contributed by atoms with Crippen molar-refractivity contribution >= 4 is 21.9 Å². The minimum atomic E-state index is -3.91. The zero-order chi connectivity index (χ0) is 22.6. The molecule has 0 radical (unpaired) electrons. The Kier molecular flexibility index (Phi) is 7.66. The molecule has 1 saturated carbocycles. The van der Waals surface area contributed by atoms with Crippen molar-refractivity contribution in [2.45, 2.75) is 56.6 Å². The smallest absolute Gasteiger partial charge is 0.341 e.